The van der Waals surface area contributed by atoms with Gasteiger partial charge in [-0.1, -0.05) is 94.6 Å². The van der Waals surface area contributed by atoms with Crippen molar-refractivity contribution < 1.29 is 77.2 Å². The Morgan fingerprint density at radius 3 is 1.07 bits per heavy atom. The third kappa shape index (κ3) is 23.8. The van der Waals surface area contributed by atoms with Gasteiger partial charge < -0.3 is 54.1 Å². The quantitative estimate of drug-likeness (QED) is 0.0173. The first-order chi connectivity index (χ1) is 55.3. The van der Waals surface area contributed by atoms with Gasteiger partial charge in [-0.15, -0.1) is 0 Å². The van der Waals surface area contributed by atoms with E-state index in [1.54, 1.807) is 25.1 Å². The molecule has 12 rings (SSSR count). The number of benzene rings is 6. The summed E-state index contributed by atoms with van der Waals surface area (Å²) in [6.45, 7) is 13.8. The molecule has 34 heteroatoms. The van der Waals surface area contributed by atoms with Crippen molar-refractivity contribution in [2.24, 2.45) is 0 Å². The van der Waals surface area contributed by atoms with Crippen LogP contribution in [0.25, 0.3) is 32.7 Å². The number of H-pyrrole nitrogens is 3. The fourth-order valence-electron chi connectivity index (χ4n) is 12.5. The number of sulfonamides is 3. The Balaban J connectivity index is 0.000000184. The molecule has 0 saturated carbocycles. The highest BCUT2D eigenvalue weighted by Crippen LogP contribution is 2.32. The molecule has 0 aliphatic carbocycles. The van der Waals surface area contributed by atoms with Gasteiger partial charge in [0.25, 0.3) is 35.4 Å². The number of nitrogens with zero attached hydrogens (tertiary/aromatic N) is 2. The minimum absolute atomic E-state index is 0.0422. The zero-order valence-electron chi connectivity index (χ0n) is 64.3. The summed E-state index contributed by atoms with van der Waals surface area (Å²) < 4.78 is 109. The van der Waals surface area contributed by atoms with Gasteiger partial charge in [-0.25, -0.2) is 39.4 Å². The predicted molar refractivity (Wildman–Crippen MR) is 444 cm³/mol. The van der Waals surface area contributed by atoms with Gasteiger partial charge in [-0.2, -0.15) is 0 Å². The molecule has 0 atom stereocenters. The number of aromatic amines is 3. The number of hydrogen-bond donors (Lipinski definition) is 9. The third-order valence-corrected chi connectivity index (χ3v) is 23.6. The van der Waals surface area contributed by atoms with Crippen molar-refractivity contribution in [2.75, 3.05) is 56.7 Å². The molecular weight excluding hydrogens is 1610 g/mol. The Bertz CT molecular complexity index is 5860. The van der Waals surface area contributed by atoms with E-state index in [-0.39, 0.29) is 48.2 Å². The second-order valence-corrected chi connectivity index (χ2v) is 33.7. The molecule has 28 nitrogen and oxygen atoms in total. The summed E-state index contributed by atoms with van der Waals surface area (Å²) in [5.74, 6) is -2.58. The van der Waals surface area contributed by atoms with Crippen LogP contribution in [-0.2, 0) is 49.3 Å². The topological polar surface area (TPSA) is 404 Å². The van der Waals surface area contributed by atoms with E-state index in [1.807, 2.05) is 151 Å². The monoisotopic (exact) mass is 1700 g/mol. The van der Waals surface area contributed by atoms with Crippen molar-refractivity contribution in [2.45, 2.75) is 87.0 Å². The summed E-state index contributed by atoms with van der Waals surface area (Å²) >= 11 is 18.7. The normalized spacial score (nSPS) is 11.4. The fourth-order valence-corrected chi connectivity index (χ4v) is 15.4. The second-order valence-electron chi connectivity index (χ2n) is 27.1. The van der Waals surface area contributed by atoms with E-state index in [1.165, 1.54) is 30.7 Å². The van der Waals surface area contributed by atoms with Crippen molar-refractivity contribution in [1.29, 1.82) is 0 Å². The highest BCUT2D eigenvalue weighted by atomic mass is 35.5. The van der Waals surface area contributed by atoms with Crippen LogP contribution in [0.3, 0.4) is 0 Å². The number of fused-ring (bicyclic) bond motifs is 3. The van der Waals surface area contributed by atoms with Crippen molar-refractivity contribution >= 4 is 133 Å². The highest BCUT2D eigenvalue weighted by molar-refractivity contribution is 7.90. The minimum atomic E-state index is -4.04. The molecule has 610 valence electrons. The molecule has 0 spiro atoms. The summed E-state index contributed by atoms with van der Waals surface area (Å²) in [6.07, 6.45) is 7.43. The number of aryl methyl sites for hydroxylation is 10. The van der Waals surface area contributed by atoms with Crippen molar-refractivity contribution in [3.05, 3.63) is 263 Å². The molecule has 6 aromatic carbocycles. The SMILES string of the molecule is Cc1cc(OCCCc2c(C(=O)NS(=O)(=O)CCNC(=O)c3cccnc3)[nH]c3ccccc23)cc(C)c1Cl.Cc1cc(OCCCc2c(C(=O)NS(=O)(=O)CCNC(=O)c3ccno3)[nH]c3ccccc23)cc(C)c1Cl.Cc1ccc(C(=O)NCCS(=O)(=O)NC(=O)c2[nH]c3ccccc3c2CCCOc2cc(C)c(Cl)c(C)c2)o1. The molecule has 0 aliphatic rings. The summed E-state index contributed by atoms with van der Waals surface area (Å²) in [7, 11) is -12.1. The molecule has 0 radical (unpaired) electrons. The van der Waals surface area contributed by atoms with E-state index >= 15 is 0 Å². The Morgan fingerprint density at radius 1 is 0.405 bits per heavy atom. The van der Waals surface area contributed by atoms with Crippen molar-refractivity contribution in [3.8, 4) is 17.2 Å². The van der Waals surface area contributed by atoms with Gasteiger partial charge in [0, 0.05) is 85.9 Å². The van der Waals surface area contributed by atoms with Crippen LogP contribution >= 0.6 is 34.8 Å². The van der Waals surface area contributed by atoms with Crippen LogP contribution in [-0.4, -0.2) is 143 Å². The van der Waals surface area contributed by atoms with Crippen LogP contribution in [0.4, 0.5) is 0 Å². The smallest absolute Gasteiger partial charge is 0.289 e. The maximum absolute atomic E-state index is 13.1. The molecule has 0 fully saturated rings. The molecule has 6 aromatic heterocycles. The van der Waals surface area contributed by atoms with Crippen LogP contribution in [0.2, 0.25) is 15.1 Å². The molecule has 6 heterocycles. The van der Waals surface area contributed by atoms with Crippen LogP contribution in [0, 0.1) is 48.5 Å². The van der Waals surface area contributed by atoms with E-state index in [2.05, 4.69) is 55.2 Å². The molecule has 0 unspecified atom stereocenters. The van der Waals surface area contributed by atoms with Crippen LogP contribution in [0.1, 0.15) is 138 Å². The number of rotatable bonds is 33. The number of carbonyl (C=O) groups is 6. The highest BCUT2D eigenvalue weighted by Gasteiger charge is 2.27. The molecule has 9 N–H and O–H groups in total. The van der Waals surface area contributed by atoms with Gasteiger partial charge >= 0.3 is 0 Å². The first kappa shape index (κ1) is 86.9. The lowest BCUT2D eigenvalue weighted by Gasteiger charge is -2.11. The maximum Gasteiger partial charge on any atom is 0.289 e. The van der Waals surface area contributed by atoms with Gasteiger partial charge in [0.15, 0.2) is 5.76 Å². The van der Waals surface area contributed by atoms with Crippen LogP contribution < -0.4 is 44.3 Å². The lowest BCUT2D eigenvalue weighted by molar-refractivity contribution is 0.0914. The van der Waals surface area contributed by atoms with Crippen molar-refractivity contribution in [1.82, 2.24) is 55.2 Å². The number of carbonyl (C=O) groups excluding carboxylic acids is 6. The zero-order valence-corrected chi connectivity index (χ0v) is 69.0. The van der Waals surface area contributed by atoms with Crippen LogP contribution in [0.5, 0.6) is 17.2 Å². The number of hydrogen-bond acceptors (Lipinski definition) is 19. The molecule has 116 heavy (non-hydrogen) atoms. The number of para-hydroxylation sites is 3. The number of nitrogens with one attached hydrogen (secondary N) is 9. The lowest BCUT2D eigenvalue weighted by Crippen LogP contribution is -2.37. The molecule has 6 amide bonds. The van der Waals surface area contributed by atoms with E-state index in [4.69, 9.17) is 58.0 Å². The van der Waals surface area contributed by atoms with E-state index in [0.29, 0.717) is 124 Å². The minimum Gasteiger partial charge on any atom is -0.494 e. The standard InChI is InChI=1S/C28H29ClN4O5S.C28H30ClN3O6S.C26H27ClN4O6S/c1-18-15-21(16-19(2)25(18)29)38-13-6-9-23-22-8-3-4-10-24(22)32-26(23)28(35)33-39(36,37)14-12-31-27(34)20-7-5-11-30-17-20;1-17-15-20(16-18(2)25(17)29)37-13-6-8-22-21-7-4-5-9-23(21)31-26(22)28(34)32-39(35,36)14-12-30-27(33)24-11-10-19(3)38-24;1-16-14-18(15-17(2)23(16)27)36-12-5-7-20-19-6-3-4-8-21(19)30-24(20)26(33)31-38(34,35)13-11-28-25(32)22-9-10-29-37-22/h3-5,7-8,10-11,15-17,32H,6,9,12-14H2,1-2H3,(H,31,34)(H,33,35);4-5,7,9-11,15-16,31H,6,8,12-14H2,1-3H3,(H,30,33)(H,32,34);3-4,6,8-10,14-15,30H,5,7,11-13H2,1-2H3,(H,28,32)(H,31,33). The molecule has 12 aromatic rings. The molecule has 0 saturated heterocycles. The lowest BCUT2D eigenvalue weighted by atomic mass is 10.1. The molecule has 0 aliphatic heterocycles. The maximum atomic E-state index is 13.1. The number of aromatic nitrogens is 5. The third-order valence-electron chi connectivity index (χ3n) is 18.1. The summed E-state index contributed by atoms with van der Waals surface area (Å²) in [5, 5.41) is 15.5. The Kier molecular flexibility index (Phi) is 29.8. The number of amides is 6. The first-order valence-corrected chi connectivity index (χ1v) is 42.8. The number of ether oxygens (including phenoxy) is 3. The molecular formula is C82H86Cl3N11O17S3. The average molecular weight is 1700 g/mol. The average Bonchev–Trinajstić information content (AvgIpc) is 1.65. The van der Waals surface area contributed by atoms with Gasteiger partial charge in [-0.05, 0) is 216 Å². The van der Waals surface area contributed by atoms with Gasteiger partial charge in [0.1, 0.15) is 40.1 Å². The zero-order chi connectivity index (χ0) is 83.4. The van der Waals surface area contributed by atoms with E-state index in [9.17, 15) is 54.0 Å². The Labute approximate surface area is 685 Å². The van der Waals surface area contributed by atoms with E-state index in [0.717, 1.165) is 60.6 Å². The van der Waals surface area contributed by atoms with Gasteiger partial charge in [-0.3, -0.25) is 33.8 Å². The first-order valence-electron chi connectivity index (χ1n) is 36.7. The number of furan rings is 1. The second kappa shape index (κ2) is 39.7. The largest absolute Gasteiger partial charge is 0.494 e. The fraction of sp³-hybridized carbons (Fsp3) is 0.268. The summed E-state index contributed by atoms with van der Waals surface area (Å²) in [6, 6.07) is 41.1. The number of pyridine rings is 1. The van der Waals surface area contributed by atoms with Gasteiger partial charge in [0.2, 0.25) is 35.8 Å². The summed E-state index contributed by atoms with van der Waals surface area (Å²) in [5.41, 5.74) is 10.7. The Hall–Kier alpha value is -11.5. The Morgan fingerprint density at radius 2 is 0.750 bits per heavy atom. The van der Waals surface area contributed by atoms with E-state index < -0.39 is 82.8 Å². The molecule has 0 bridgehead atoms. The summed E-state index contributed by atoms with van der Waals surface area (Å²) in [4.78, 5) is 88.3. The van der Waals surface area contributed by atoms with Crippen LogP contribution in [0.15, 0.2) is 167 Å². The predicted octanol–water partition coefficient (Wildman–Crippen LogP) is 13.1. The van der Waals surface area contributed by atoms with Crippen molar-refractivity contribution in [3.63, 3.8) is 0 Å². The number of halogens is 3. The van der Waals surface area contributed by atoms with Gasteiger partial charge in [0.05, 0.1) is 48.8 Å².